The largest absolute Gasteiger partial charge is 0.382 e. The normalized spacial score (nSPS) is 30.7. The van der Waals surface area contributed by atoms with Crippen molar-refractivity contribution in [1.29, 1.82) is 0 Å². The molecule has 4 nitrogen and oxygen atoms in total. The molecule has 1 rings (SSSR count). The number of nitrogens with two attached hydrogens (primary N) is 1. The molecule has 1 fully saturated rings. The Bertz CT molecular complexity index is 202. The molecule has 0 aromatic heterocycles. The lowest BCUT2D eigenvalue weighted by molar-refractivity contribution is 0.0217. The van der Waals surface area contributed by atoms with Crippen molar-refractivity contribution >= 4 is 0 Å². The van der Waals surface area contributed by atoms with Crippen LogP contribution in [0, 0.1) is 11.8 Å². The quantitative estimate of drug-likeness (QED) is 0.678. The van der Waals surface area contributed by atoms with Crippen LogP contribution < -0.4 is 5.73 Å². The van der Waals surface area contributed by atoms with Crippen molar-refractivity contribution < 1.29 is 9.47 Å². The molecule has 0 radical (unpaired) electrons. The van der Waals surface area contributed by atoms with Gasteiger partial charge in [0.1, 0.15) is 0 Å². The van der Waals surface area contributed by atoms with E-state index >= 15 is 0 Å². The zero-order valence-corrected chi connectivity index (χ0v) is 11.5. The Hall–Kier alpha value is -0.160. The van der Waals surface area contributed by atoms with Crippen LogP contribution in [0.25, 0.3) is 0 Å². The molecule has 0 saturated carbocycles. The fourth-order valence-electron chi connectivity index (χ4n) is 2.83. The van der Waals surface area contributed by atoms with Crippen molar-refractivity contribution in [2.45, 2.75) is 26.3 Å². The zero-order chi connectivity index (χ0) is 12.7. The minimum Gasteiger partial charge on any atom is -0.382 e. The summed E-state index contributed by atoms with van der Waals surface area (Å²) in [6, 6.07) is 0.525. The van der Waals surface area contributed by atoms with E-state index in [1.807, 2.05) is 0 Å². The van der Waals surface area contributed by atoms with Gasteiger partial charge in [0.2, 0.25) is 0 Å². The summed E-state index contributed by atoms with van der Waals surface area (Å²) in [5.74, 6) is 1.47. The number of likely N-dealkylation sites (tertiary alicyclic amines) is 1. The lowest BCUT2D eigenvalue weighted by Gasteiger charge is -2.42. The number of nitrogens with zero attached hydrogens (tertiary/aromatic N) is 1. The minimum absolute atomic E-state index is 0.525. The van der Waals surface area contributed by atoms with Gasteiger partial charge in [-0.15, -0.1) is 0 Å². The molecular weight excluding hydrogens is 216 g/mol. The average molecular weight is 244 g/mol. The molecule has 0 spiro atoms. The van der Waals surface area contributed by atoms with Crippen LogP contribution in [0.2, 0.25) is 0 Å². The second kappa shape index (κ2) is 8.03. The summed E-state index contributed by atoms with van der Waals surface area (Å²) in [5.41, 5.74) is 5.88. The second-order valence-electron chi connectivity index (χ2n) is 5.22. The van der Waals surface area contributed by atoms with Gasteiger partial charge in [0.05, 0.1) is 19.8 Å². The van der Waals surface area contributed by atoms with Crippen LogP contribution in [0.15, 0.2) is 0 Å². The molecule has 0 aromatic rings. The highest BCUT2D eigenvalue weighted by molar-refractivity contribution is 4.85. The van der Waals surface area contributed by atoms with Gasteiger partial charge in [-0.25, -0.2) is 0 Å². The first-order valence-electron chi connectivity index (χ1n) is 6.69. The Balaban J connectivity index is 2.28. The van der Waals surface area contributed by atoms with Crippen LogP contribution in [0.1, 0.15) is 20.3 Å². The first kappa shape index (κ1) is 14.9. The summed E-state index contributed by atoms with van der Waals surface area (Å²) in [5, 5.41) is 0. The third kappa shape index (κ3) is 4.92. The number of ether oxygens (including phenoxy) is 2. The molecule has 1 heterocycles. The molecule has 1 saturated heterocycles. The van der Waals surface area contributed by atoms with Gasteiger partial charge in [0.25, 0.3) is 0 Å². The van der Waals surface area contributed by atoms with E-state index in [1.165, 1.54) is 6.42 Å². The summed E-state index contributed by atoms with van der Waals surface area (Å²) in [6.45, 7) is 9.66. The molecule has 4 heteroatoms. The van der Waals surface area contributed by atoms with Crippen LogP contribution in [-0.2, 0) is 9.47 Å². The predicted octanol–water partition coefficient (Wildman–Crippen LogP) is 0.955. The zero-order valence-electron chi connectivity index (χ0n) is 11.5. The van der Waals surface area contributed by atoms with Gasteiger partial charge < -0.3 is 15.2 Å². The van der Waals surface area contributed by atoms with Gasteiger partial charge >= 0.3 is 0 Å². The van der Waals surface area contributed by atoms with Gasteiger partial charge in [-0.2, -0.15) is 0 Å². The lowest BCUT2D eigenvalue weighted by Crippen LogP contribution is -2.52. The van der Waals surface area contributed by atoms with Crippen LogP contribution in [-0.4, -0.2) is 57.5 Å². The third-order valence-electron chi connectivity index (χ3n) is 3.64. The van der Waals surface area contributed by atoms with Crippen LogP contribution in [0.4, 0.5) is 0 Å². The maximum absolute atomic E-state index is 5.88. The monoisotopic (exact) mass is 244 g/mol. The highest BCUT2D eigenvalue weighted by Crippen LogP contribution is 2.26. The van der Waals surface area contributed by atoms with Crippen molar-refractivity contribution in [3.63, 3.8) is 0 Å². The molecule has 0 bridgehead atoms. The highest BCUT2D eigenvalue weighted by Gasteiger charge is 2.30. The summed E-state index contributed by atoms with van der Waals surface area (Å²) >= 11 is 0. The summed E-state index contributed by atoms with van der Waals surface area (Å²) in [4.78, 5) is 2.49. The molecule has 1 aliphatic heterocycles. The van der Waals surface area contributed by atoms with Gasteiger partial charge in [-0.05, 0) is 18.3 Å². The van der Waals surface area contributed by atoms with Gasteiger partial charge in [0, 0.05) is 32.8 Å². The van der Waals surface area contributed by atoms with E-state index in [2.05, 4.69) is 18.7 Å². The van der Waals surface area contributed by atoms with E-state index in [0.717, 1.165) is 32.2 Å². The van der Waals surface area contributed by atoms with E-state index in [1.54, 1.807) is 7.11 Å². The van der Waals surface area contributed by atoms with Gasteiger partial charge in [0.15, 0.2) is 0 Å². The molecule has 17 heavy (non-hydrogen) atoms. The fourth-order valence-corrected chi connectivity index (χ4v) is 2.83. The maximum atomic E-state index is 5.88. The number of rotatable bonds is 7. The smallest absolute Gasteiger partial charge is 0.0700 e. The Morgan fingerprint density at radius 2 is 2.00 bits per heavy atom. The van der Waals surface area contributed by atoms with Crippen LogP contribution in [0.5, 0.6) is 0 Å². The van der Waals surface area contributed by atoms with E-state index in [0.29, 0.717) is 25.2 Å². The van der Waals surface area contributed by atoms with E-state index in [-0.39, 0.29) is 0 Å². The molecule has 0 aromatic carbocycles. The Morgan fingerprint density at radius 1 is 1.24 bits per heavy atom. The third-order valence-corrected chi connectivity index (χ3v) is 3.64. The van der Waals surface area contributed by atoms with E-state index in [4.69, 9.17) is 15.2 Å². The standard InChI is InChI=1S/C13H28N2O2/c1-11-8-12(2)13(9-14)15(10-11)4-5-17-7-6-16-3/h11-13H,4-10,14H2,1-3H3. The molecule has 2 N–H and O–H groups in total. The number of hydrogen-bond donors (Lipinski definition) is 1. The highest BCUT2D eigenvalue weighted by atomic mass is 16.5. The number of piperidine rings is 1. The maximum Gasteiger partial charge on any atom is 0.0700 e. The molecule has 102 valence electrons. The first-order valence-corrected chi connectivity index (χ1v) is 6.69. The molecule has 0 amide bonds. The Kier molecular flexibility index (Phi) is 7.04. The van der Waals surface area contributed by atoms with E-state index < -0.39 is 0 Å². The molecule has 1 aliphatic rings. The van der Waals surface area contributed by atoms with Crippen molar-refractivity contribution in [3.8, 4) is 0 Å². The summed E-state index contributed by atoms with van der Waals surface area (Å²) in [7, 11) is 1.70. The van der Waals surface area contributed by atoms with Crippen LogP contribution >= 0.6 is 0 Å². The molecular formula is C13H28N2O2. The Morgan fingerprint density at radius 3 is 2.65 bits per heavy atom. The Labute approximate surface area is 105 Å². The van der Waals surface area contributed by atoms with Crippen molar-refractivity contribution in [1.82, 2.24) is 4.90 Å². The average Bonchev–Trinajstić information content (AvgIpc) is 2.28. The van der Waals surface area contributed by atoms with Gasteiger partial charge in [-0.3, -0.25) is 4.90 Å². The van der Waals surface area contributed by atoms with Gasteiger partial charge in [-0.1, -0.05) is 13.8 Å². The van der Waals surface area contributed by atoms with E-state index in [9.17, 15) is 0 Å². The van der Waals surface area contributed by atoms with Crippen molar-refractivity contribution in [2.75, 3.05) is 46.6 Å². The summed E-state index contributed by atoms with van der Waals surface area (Å²) < 4.78 is 10.5. The van der Waals surface area contributed by atoms with Crippen molar-refractivity contribution in [3.05, 3.63) is 0 Å². The lowest BCUT2D eigenvalue weighted by atomic mass is 9.85. The first-order chi connectivity index (χ1) is 8.19. The fraction of sp³-hybridized carbons (Fsp3) is 1.00. The number of hydrogen-bond acceptors (Lipinski definition) is 4. The molecule has 0 aliphatic carbocycles. The number of methoxy groups -OCH3 is 1. The molecule has 3 unspecified atom stereocenters. The molecule has 3 atom stereocenters. The summed E-state index contributed by atoms with van der Waals surface area (Å²) in [6.07, 6.45) is 1.29. The second-order valence-corrected chi connectivity index (χ2v) is 5.22. The topological polar surface area (TPSA) is 47.7 Å². The SMILES string of the molecule is COCCOCCN1CC(C)CC(C)C1CN. The van der Waals surface area contributed by atoms with Crippen LogP contribution in [0.3, 0.4) is 0 Å². The van der Waals surface area contributed by atoms with Crippen molar-refractivity contribution in [2.24, 2.45) is 17.6 Å². The predicted molar refractivity (Wildman–Crippen MR) is 70.1 cm³/mol. The minimum atomic E-state index is 0.525.